The molecule has 0 aromatic rings. The monoisotopic (exact) mass is 533 g/mol. The highest BCUT2D eigenvalue weighted by molar-refractivity contribution is 7.98. The lowest BCUT2D eigenvalue weighted by atomic mass is 10.1. The third-order valence-corrected chi connectivity index (χ3v) is 5.16. The summed E-state index contributed by atoms with van der Waals surface area (Å²) < 4.78 is 0. The average molecular weight is 534 g/mol. The molecule has 0 spiro atoms. The van der Waals surface area contributed by atoms with Gasteiger partial charge in [-0.1, -0.05) is 0 Å². The Labute approximate surface area is 210 Å². The minimum absolute atomic E-state index is 0.0543. The molecule has 0 aliphatic heterocycles. The van der Waals surface area contributed by atoms with Gasteiger partial charge < -0.3 is 42.0 Å². The summed E-state index contributed by atoms with van der Waals surface area (Å²) in [7, 11) is 0. The van der Waals surface area contributed by atoms with Crippen molar-refractivity contribution in [2.24, 2.45) is 5.73 Å². The zero-order chi connectivity index (χ0) is 27.8. The van der Waals surface area contributed by atoms with Crippen molar-refractivity contribution >= 4 is 59.5 Å². The molecule has 4 atom stereocenters. The number of nitrogens with two attached hydrogens (primary N) is 1. The summed E-state index contributed by atoms with van der Waals surface area (Å²) >= 11 is 1.33. The Morgan fingerprint density at radius 1 is 0.806 bits per heavy atom. The van der Waals surface area contributed by atoms with E-state index >= 15 is 0 Å². The maximum Gasteiger partial charge on any atom is 0.305 e. The van der Waals surface area contributed by atoms with E-state index < -0.39 is 78.5 Å². The molecule has 0 bridgehead atoms. The summed E-state index contributed by atoms with van der Waals surface area (Å²) in [5, 5.41) is 26.9. The fourth-order valence-electron chi connectivity index (χ4n) is 2.84. The van der Waals surface area contributed by atoms with Gasteiger partial charge in [0.2, 0.25) is 29.5 Å². The average Bonchev–Trinajstić information content (AvgIpc) is 2.76. The molecule has 16 heteroatoms. The van der Waals surface area contributed by atoms with Crippen molar-refractivity contribution < 1.29 is 48.6 Å². The number of carbonyl (C=O) groups excluding carboxylic acids is 6. The third-order valence-electron chi connectivity index (χ3n) is 4.52. The molecule has 0 rings (SSSR count). The van der Waals surface area contributed by atoms with Gasteiger partial charge >= 0.3 is 11.9 Å². The lowest BCUT2D eigenvalue weighted by Gasteiger charge is -2.25. The Morgan fingerprint density at radius 2 is 1.31 bits per heavy atom. The number of rotatable bonds is 18. The maximum absolute atomic E-state index is 12.9. The molecular formula is C20H31N5O10S. The predicted molar refractivity (Wildman–Crippen MR) is 125 cm³/mol. The Morgan fingerprint density at radius 3 is 1.75 bits per heavy atom. The van der Waals surface area contributed by atoms with E-state index in [1.807, 2.05) is 0 Å². The molecule has 0 heterocycles. The van der Waals surface area contributed by atoms with Crippen molar-refractivity contribution in [2.75, 3.05) is 12.0 Å². The first kappa shape index (κ1) is 32.3. The van der Waals surface area contributed by atoms with Crippen LogP contribution in [0.5, 0.6) is 0 Å². The number of thioether (sulfide) groups is 1. The van der Waals surface area contributed by atoms with Gasteiger partial charge in [0.05, 0.1) is 18.9 Å². The largest absolute Gasteiger partial charge is 0.481 e. The van der Waals surface area contributed by atoms with Gasteiger partial charge in [-0.25, -0.2) is 0 Å². The van der Waals surface area contributed by atoms with Crippen molar-refractivity contribution in [2.45, 2.75) is 63.2 Å². The van der Waals surface area contributed by atoms with Crippen LogP contribution < -0.4 is 27.0 Å². The summed E-state index contributed by atoms with van der Waals surface area (Å²) in [6, 6.07) is -5.55. The number of hydrogen-bond acceptors (Lipinski definition) is 9. The number of aldehydes is 1. The highest BCUT2D eigenvalue weighted by Crippen LogP contribution is 2.06. The van der Waals surface area contributed by atoms with Crippen LogP contribution in [0.15, 0.2) is 0 Å². The fourth-order valence-corrected chi connectivity index (χ4v) is 3.31. The quantitative estimate of drug-likeness (QED) is 0.0880. The number of carboxylic acids is 2. The van der Waals surface area contributed by atoms with E-state index in [9.17, 15) is 38.4 Å². The van der Waals surface area contributed by atoms with Crippen LogP contribution in [0.25, 0.3) is 0 Å². The molecule has 202 valence electrons. The smallest absolute Gasteiger partial charge is 0.305 e. The molecule has 0 radical (unpaired) electrons. The Hall–Kier alpha value is -3.69. The first-order valence-corrected chi connectivity index (χ1v) is 12.0. The summed E-state index contributed by atoms with van der Waals surface area (Å²) in [5.74, 6) is -6.61. The number of amides is 5. The first-order valence-electron chi connectivity index (χ1n) is 10.6. The van der Waals surface area contributed by atoms with E-state index in [1.165, 1.54) is 11.8 Å². The number of carbonyl (C=O) groups is 8. The first-order chi connectivity index (χ1) is 16.8. The van der Waals surface area contributed by atoms with Crippen molar-refractivity contribution in [3.8, 4) is 0 Å². The molecule has 36 heavy (non-hydrogen) atoms. The summed E-state index contributed by atoms with van der Waals surface area (Å²) in [6.07, 6.45) is -0.110. The van der Waals surface area contributed by atoms with Gasteiger partial charge in [-0.15, -0.1) is 0 Å². The molecule has 0 saturated heterocycles. The molecule has 8 N–H and O–H groups in total. The molecule has 0 saturated carbocycles. The van der Waals surface area contributed by atoms with Gasteiger partial charge in [0.1, 0.15) is 24.4 Å². The summed E-state index contributed by atoms with van der Waals surface area (Å²) in [6.45, 7) is 1.08. The second kappa shape index (κ2) is 16.9. The topological polar surface area (TPSA) is 251 Å². The minimum Gasteiger partial charge on any atom is -0.481 e. The van der Waals surface area contributed by atoms with Crippen LogP contribution in [0.3, 0.4) is 0 Å². The van der Waals surface area contributed by atoms with E-state index in [0.29, 0.717) is 5.75 Å². The van der Waals surface area contributed by atoms with Crippen LogP contribution in [0.2, 0.25) is 0 Å². The van der Waals surface area contributed by atoms with Crippen LogP contribution >= 0.6 is 11.8 Å². The van der Waals surface area contributed by atoms with E-state index in [1.54, 1.807) is 6.26 Å². The van der Waals surface area contributed by atoms with Crippen molar-refractivity contribution in [3.63, 3.8) is 0 Å². The van der Waals surface area contributed by atoms with E-state index in [4.69, 9.17) is 15.9 Å². The number of carboxylic acid groups (broad SMARTS) is 2. The van der Waals surface area contributed by atoms with Crippen molar-refractivity contribution in [1.29, 1.82) is 0 Å². The third kappa shape index (κ3) is 13.9. The molecule has 0 fully saturated rings. The van der Waals surface area contributed by atoms with Gasteiger partial charge in [0, 0.05) is 13.3 Å². The Balaban J connectivity index is 5.68. The lowest BCUT2D eigenvalue weighted by molar-refractivity contribution is -0.141. The second-order valence-corrected chi connectivity index (χ2v) is 8.59. The van der Waals surface area contributed by atoms with Crippen LogP contribution in [-0.4, -0.2) is 94.1 Å². The second-order valence-electron chi connectivity index (χ2n) is 7.61. The predicted octanol–water partition coefficient (Wildman–Crippen LogP) is -2.89. The van der Waals surface area contributed by atoms with Gasteiger partial charge in [0.25, 0.3) is 0 Å². The maximum atomic E-state index is 12.9. The van der Waals surface area contributed by atoms with E-state index in [2.05, 4.69) is 21.3 Å². The van der Waals surface area contributed by atoms with Gasteiger partial charge in [-0.3, -0.25) is 33.6 Å². The minimum atomic E-state index is -1.47. The lowest BCUT2D eigenvalue weighted by Crippen LogP contribution is -2.57. The van der Waals surface area contributed by atoms with E-state index in [0.717, 1.165) is 6.92 Å². The van der Waals surface area contributed by atoms with Crippen molar-refractivity contribution in [3.05, 3.63) is 0 Å². The van der Waals surface area contributed by atoms with Gasteiger partial charge in [-0.2, -0.15) is 11.8 Å². The van der Waals surface area contributed by atoms with E-state index in [-0.39, 0.29) is 25.5 Å². The Kier molecular flexibility index (Phi) is 15.1. The standard InChI is InChI=1S/C20H31N5O10S/c1-10(27)22-14(8-17(31)32)20(35)25-13(5-6-36-2)19(34)24-12(3-4-15(21)28)18(33)23-11(9-26)7-16(29)30/h9,11-14H,3-8H2,1-2H3,(H2,21,28)(H,22,27)(H,23,33)(H,24,34)(H,25,35)(H,29,30)(H,31,32). The fraction of sp³-hybridized carbons (Fsp3) is 0.600. The van der Waals surface area contributed by atoms with Crippen LogP contribution in [0.1, 0.15) is 39.0 Å². The zero-order valence-electron chi connectivity index (χ0n) is 19.8. The molecule has 0 aliphatic rings. The molecule has 5 amide bonds. The summed E-state index contributed by atoms with van der Waals surface area (Å²) in [5.41, 5.74) is 5.11. The zero-order valence-corrected chi connectivity index (χ0v) is 20.6. The molecule has 4 unspecified atom stereocenters. The molecule has 0 aromatic carbocycles. The number of primary amides is 1. The molecule has 0 aliphatic carbocycles. The normalized spacial score (nSPS) is 13.7. The van der Waals surface area contributed by atoms with Gasteiger partial charge in [-0.05, 0) is 24.9 Å². The number of nitrogens with one attached hydrogen (secondary N) is 4. The highest BCUT2D eigenvalue weighted by atomic mass is 32.2. The number of aliphatic carboxylic acids is 2. The SMILES string of the molecule is CSCCC(NC(=O)C(CC(=O)O)NC(C)=O)C(=O)NC(CCC(N)=O)C(=O)NC(C=O)CC(=O)O. The molecule has 0 aromatic heterocycles. The van der Waals surface area contributed by atoms with Gasteiger partial charge in [0.15, 0.2) is 0 Å². The Bertz CT molecular complexity index is 837. The summed E-state index contributed by atoms with van der Waals surface area (Å²) in [4.78, 5) is 93.7. The van der Waals surface area contributed by atoms with Crippen LogP contribution in [-0.2, 0) is 38.4 Å². The highest BCUT2D eigenvalue weighted by Gasteiger charge is 2.31. The molecule has 15 nitrogen and oxygen atoms in total. The molecular weight excluding hydrogens is 502 g/mol. The number of hydrogen-bond donors (Lipinski definition) is 7. The van der Waals surface area contributed by atoms with Crippen LogP contribution in [0, 0.1) is 0 Å². The van der Waals surface area contributed by atoms with Crippen LogP contribution in [0.4, 0.5) is 0 Å². The van der Waals surface area contributed by atoms with Crippen molar-refractivity contribution in [1.82, 2.24) is 21.3 Å².